The molecule has 0 saturated heterocycles. The van der Waals surface area contributed by atoms with E-state index in [0.717, 1.165) is 0 Å². The predicted octanol–water partition coefficient (Wildman–Crippen LogP) is 2.67. The summed E-state index contributed by atoms with van der Waals surface area (Å²) >= 11 is 0. The summed E-state index contributed by atoms with van der Waals surface area (Å²) in [6.45, 7) is 12.9. The molecule has 0 aromatic carbocycles. The van der Waals surface area contributed by atoms with Crippen molar-refractivity contribution in [2.24, 2.45) is 10.8 Å². The van der Waals surface area contributed by atoms with Crippen molar-refractivity contribution in [3.63, 3.8) is 0 Å². The van der Waals surface area contributed by atoms with Crippen LogP contribution in [0.1, 0.15) is 47.6 Å². The SMILES string of the molecule is CC(C)n1ccnc(NC2C(C)(C)C2(C)C)c1=O. The van der Waals surface area contributed by atoms with E-state index in [-0.39, 0.29) is 22.4 Å². The van der Waals surface area contributed by atoms with Crippen LogP contribution >= 0.6 is 0 Å². The maximum Gasteiger partial charge on any atom is 0.293 e. The van der Waals surface area contributed by atoms with Crippen LogP contribution in [-0.2, 0) is 0 Å². The maximum absolute atomic E-state index is 12.2. The van der Waals surface area contributed by atoms with Gasteiger partial charge in [0.1, 0.15) is 0 Å². The second-order valence-electron chi connectivity index (χ2n) is 6.60. The molecule has 0 bridgehead atoms. The molecule has 18 heavy (non-hydrogen) atoms. The van der Waals surface area contributed by atoms with Gasteiger partial charge in [0.05, 0.1) is 0 Å². The van der Waals surface area contributed by atoms with Crippen molar-refractivity contribution < 1.29 is 0 Å². The highest BCUT2D eigenvalue weighted by molar-refractivity contribution is 5.40. The molecule has 1 aliphatic rings. The first-order valence-corrected chi connectivity index (χ1v) is 6.53. The lowest BCUT2D eigenvalue weighted by atomic mass is 10.0. The minimum absolute atomic E-state index is 0.0361. The Bertz CT molecular complexity index is 500. The molecule has 0 aliphatic heterocycles. The van der Waals surface area contributed by atoms with E-state index in [0.29, 0.717) is 11.9 Å². The summed E-state index contributed by atoms with van der Waals surface area (Å²) in [7, 11) is 0. The van der Waals surface area contributed by atoms with Crippen LogP contribution in [0.5, 0.6) is 0 Å². The highest BCUT2D eigenvalue weighted by atomic mass is 16.1. The second kappa shape index (κ2) is 3.84. The zero-order valence-corrected chi connectivity index (χ0v) is 12.1. The number of hydrogen-bond donors (Lipinski definition) is 1. The van der Waals surface area contributed by atoms with Gasteiger partial charge >= 0.3 is 0 Å². The van der Waals surface area contributed by atoms with E-state index in [1.54, 1.807) is 17.0 Å². The lowest BCUT2D eigenvalue weighted by Gasteiger charge is -2.12. The minimum atomic E-state index is -0.0361. The van der Waals surface area contributed by atoms with Crippen LogP contribution in [-0.4, -0.2) is 15.6 Å². The molecule has 1 fully saturated rings. The highest BCUT2D eigenvalue weighted by Crippen LogP contribution is 2.63. The average Bonchev–Trinajstić information content (AvgIpc) is 2.63. The molecule has 4 heteroatoms. The van der Waals surface area contributed by atoms with E-state index >= 15 is 0 Å². The average molecular weight is 249 g/mol. The summed E-state index contributed by atoms with van der Waals surface area (Å²) in [6.07, 6.45) is 3.42. The zero-order chi connectivity index (χ0) is 13.7. The smallest absolute Gasteiger partial charge is 0.293 e. The molecule has 0 radical (unpaired) electrons. The van der Waals surface area contributed by atoms with E-state index in [1.807, 2.05) is 13.8 Å². The Morgan fingerprint density at radius 2 is 1.83 bits per heavy atom. The van der Waals surface area contributed by atoms with Crippen LogP contribution in [0.15, 0.2) is 17.2 Å². The Hall–Kier alpha value is -1.32. The molecule has 0 spiro atoms. The molecule has 1 aromatic rings. The predicted molar refractivity (Wildman–Crippen MR) is 73.9 cm³/mol. The standard InChI is InChI=1S/C14H23N3O/c1-9(2)17-8-7-15-10(11(17)18)16-12-13(3,4)14(12,5)6/h7-9,12H,1-6H3,(H,15,16). The zero-order valence-electron chi connectivity index (χ0n) is 12.1. The molecule has 100 valence electrons. The van der Waals surface area contributed by atoms with Crippen molar-refractivity contribution in [2.45, 2.75) is 53.6 Å². The van der Waals surface area contributed by atoms with Gasteiger partial charge in [-0.05, 0) is 24.7 Å². The fourth-order valence-corrected chi connectivity index (χ4v) is 2.62. The Kier molecular flexibility index (Phi) is 2.80. The van der Waals surface area contributed by atoms with Gasteiger partial charge < -0.3 is 9.88 Å². The quantitative estimate of drug-likeness (QED) is 0.896. The van der Waals surface area contributed by atoms with Gasteiger partial charge in [0.25, 0.3) is 5.56 Å². The molecule has 4 nitrogen and oxygen atoms in total. The van der Waals surface area contributed by atoms with E-state index in [4.69, 9.17) is 0 Å². The fraction of sp³-hybridized carbons (Fsp3) is 0.714. The van der Waals surface area contributed by atoms with Gasteiger partial charge in [0.2, 0.25) is 0 Å². The van der Waals surface area contributed by atoms with Gasteiger partial charge in [0.15, 0.2) is 5.82 Å². The van der Waals surface area contributed by atoms with E-state index in [9.17, 15) is 4.79 Å². The van der Waals surface area contributed by atoms with Gasteiger partial charge in [-0.15, -0.1) is 0 Å². The number of rotatable bonds is 3. The Morgan fingerprint density at radius 1 is 1.28 bits per heavy atom. The van der Waals surface area contributed by atoms with Crippen LogP contribution in [0, 0.1) is 10.8 Å². The van der Waals surface area contributed by atoms with Gasteiger partial charge in [-0.1, -0.05) is 27.7 Å². The van der Waals surface area contributed by atoms with Gasteiger partial charge in [-0.2, -0.15) is 0 Å². The van der Waals surface area contributed by atoms with Gasteiger partial charge in [-0.25, -0.2) is 4.98 Å². The molecule has 1 N–H and O–H groups in total. The minimum Gasteiger partial charge on any atom is -0.362 e. The second-order valence-corrected chi connectivity index (χ2v) is 6.60. The Labute approximate surface area is 108 Å². The summed E-state index contributed by atoms with van der Waals surface area (Å²) in [5, 5.41) is 3.32. The van der Waals surface area contributed by atoms with E-state index in [2.05, 4.69) is 38.0 Å². The molecular weight excluding hydrogens is 226 g/mol. The third kappa shape index (κ3) is 1.74. The van der Waals surface area contributed by atoms with Gasteiger partial charge in [-0.3, -0.25) is 4.79 Å². The van der Waals surface area contributed by atoms with E-state index < -0.39 is 0 Å². The summed E-state index contributed by atoms with van der Waals surface area (Å²) in [4.78, 5) is 16.4. The Balaban J connectivity index is 2.28. The molecule has 1 aromatic heterocycles. The molecule has 1 saturated carbocycles. The molecule has 0 amide bonds. The number of anilines is 1. The third-order valence-corrected chi connectivity index (χ3v) is 4.73. The molecule has 0 atom stereocenters. The van der Waals surface area contributed by atoms with Crippen LogP contribution in [0.3, 0.4) is 0 Å². The number of nitrogens with one attached hydrogen (secondary N) is 1. The summed E-state index contributed by atoms with van der Waals surface area (Å²) in [5.74, 6) is 0.467. The molecular formula is C14H23N3O. The fourth-order valence-electron chi connectivity index (χ4n) is 2.62. The lowest BCUT2D eigenvalue weighted by molar-refractivity contribution is 0.457. The summed E-state index contributed by atoms with van der Waals surface area (Å²) < 4.78 is 1.71. The summed E-state index contributed by atoms with van der Waals surface area (Å²) in [6, 6.07) is 0.453. The number of aromatic nitrogens is 2. The third-order valence-electron chi connectivity index (χ3n) is 4.73. The first-order chi connectivity index (χ1) is 8.19. The molecule has 0 unspecified atom stereocenters. The van der Waals surface area contributed by atoms with Crippen LogP contribution in [0.25, 0.3) is 0 Å². The number of nitrogens with zero attached hydrogens (tertiary/aromatic N) is 2. The molecule has 2 rings (SSSR count). The van der Waals surface area contributed by atoms with Crippen molar-refractivity contribution in [3.8, 4) is 0 Å². The van der Waals surface area contributed by atoms with Crippen molar-refractivity contribution in [1.82, 2.24) is 9.55 Å². The van der Waals surface area contributed by atoms with Crippen LogP contribution < -0.4 is 10.9 Å². The maximum atomic E-state index is 12.2. The lowest BCUT2D eigenvalue weighted by Crippen LogP contribution is -2.27. The Morgan fingerprint density at radius 3 is 2.28 bits per heavy atom. The van der Waals surface area contributed by atoms with Crippen molar-refractivity contribution in [2.75, 3.05) is 5.32 Å². The van der Waals surface area contributed by atoms with Crippen molar-refractivity contribution in [1.29, 1.82) is 0 Å². The first kappa shape index (κ1) is 13.1. The highest BCUT2D eigenvalue weighted by Gasteiger charge is 2.65. The molecule has 1 aliphatic carbocycles. The summed E-state index contributed by atoms with van der Waals surface area (Å²) in [5.41, 5.74) is 0.352. The number of hydrogen-bond acceptors (Lipinski definition) is 3. The van der Waals surface area contributed by atoms with E-state index in [1.165, 1.54) is 0 Å². The molecule has 1 heterocycles. The topological polar surface area (TPSA) is 46.9 Å². The first-order valence-electron chi connectivity index (χ1n) is 6.53. The van der Waals surface area contributed by atoms with Crippen molar-refractivity contribution >= 4 is 5.82 Å². The van der Waals surface area contributed by atoms with Gasteiger partial charge in [0, 0.05) is 24.5 Å². The van der Waals surface area contributed by atoms with Crippen molar-refractivity contribution in [3.05, 3.63) is 22.7 Å². The normalized spacial score (nSPS) is 21.1. The van der Waals surface area contributed by atoms with Crippen LogP contribution in [0.2, 0.25) is 0 Å². The monoisotopic (exact) mass is 249 g/mol. The largest absolute Gasteiger partial charge is 0.362 e. The van der Waals surface area contributed by atoms with Crippen LogP contribution in [0.4, 0.5) is 5.82 Å².